The van der Waals surface area contributed by atoms with Crippen LogP contribution in [-0.2, 0) is 9.53 Å². The van der Waals surface area contributed by atoms with Gasteiger partial charge in [0.15, 0.2) is 6.61 Å². The van der Waals surface area contributed by atoms with Crippen molar-refractivity contribution in [1.29, 1.82) is 0 Å². The standard InChI is InChI=1S/C13H20N2O3/c1-17-10-9-14-7-8-15-13(16)11-18-12-5-3-2-4-6-12/h2-6,14H,7-11H2,1H3,(H,15,16). The molecule has 0 aliphatic rings. The fourth-order valence-electron chi connectivity index (χ4n) is 1.31. The lowest BCUT2D eigenvalue weighted by Gasteiger charge is -2.08. The first kappa shape index (κ1) is 14.5. The largest absolute Gasteiger partial charge is 0.484 e. The number of rotatable bonds is 9. The van der Waals surface area contributed by atoms with Crippen molar-refractivity contribution in [3.63, 3.8) is 0 Å². The first-order valence-electron chi connectivity index (χ1n) is 5.97. The van der Waals surface area contributed by atoms with Gasteiger partial charge in [0.1, 0.15) is 5.75 Å². The van der Waals surface area contributed by atoms with E-state index in [0.717, 1.165) is 13.1 Å². The third kappa shape index (κ3) is 6.88. The summed E-state index contributed by atoms with van der Waals surface area (Å²) >= 11 is 0. The highest BCUT2D eigenvalue weighted by Crippen LogP contribution is 2.07. The molecule has 0 aliphatic heterocycles. The predicted octanol–water partition coefficient (Wildman–Crippen LogP) is 0.418. The number of carbonyl (C=O) groups is 1. The number of para-hydroxylation sites is 1. The second kappa shape index (κ2) is 9.44. The van der Waals surface area contributed by atoms with E-state index < -0.39 is 0 Å². The first-order chi connectivity index (χ1) is 8.83. The lowest BCUT2D eigenvalue weighted by molar-refractivity contribution is -0.123. The minimum Gasteiger partial charge on any atom is -0.484 e. The van der Waals surface area contributed by atoms with Gasteiger partial charge in [-0.05, 0) is 12.1 Å². The number of amides is 1. The summed E-state index contributed by atoms with van der Waals surface area (Å²) in [5, 5.41) is 5.90. The molecule has 0 heterocycles. The van der Waals surface area contributed by atoms with Gasteiger partial charge in [0, 0.05) is 26.7 Å². The molecule has 0 unspecified atom stereocenters. The second-order valence-electron chi connectivity index (χ2n) is 3.69. The SMILES string of the molecule is COCCNCCNC(=O)COc1ccccc1. The summed E-state index contributed by atoms with van der Waals surface area (Å²) in [5.74, 6) is 0.582. The average molecular weight is 252 g/mol. The topological polar surface area (TPSA) is 59.6 Å². The zero-order valence-corrected chi connectivity index (χ0v) is 10.6. The smallest absolute Gasteiger partial charge is 0.257 e. The number of nitrogens with one attached hydrogen (secondary N) is 2. The minimum atomic E-state index is -0.118. The molecule has 5 heteroatoms. The van der Waals surface area contributed by atoms with Gasteiger partial charge in [0.05, 0.1) is 6.61 Å². The van der Waals surface area contributed by atoms with Crippen LogP contribution in [0.5, 0.6) is 5.75 Å². The fraction of sp³-hybridized carbons (Fsp3) is 0.462. The molecule has 0 atom stereocenters. The Kier molecular flexibility index (Phi) is 7.59. The fourth-order valence-corrected chi connectivity index (χ4v) is 1.31. The normalized spacial score (nSPS) is 10.1. The van der Waals surface area contributed by atoms with Crippen molar-refractivity contribution in [1.82, 2.24) is 10.6 Å². The van der Waals surface area contributed by atoms with E-state index in [0.29, 0.717) is 18.9 Å². The van der Waals surface area contributed by atoms with E-state index in [2.05, 4.69) is 10.6 Å². The van der Waals surface area contributed by atoms with E-state index in [1.54, 1.807) is 7.11 Å². The van der Waals surface area contributed by atoms with E-state index in [1.165, 1.54) is 0 Å². The van der Waals surface area contributed by atoms with Crippen molar-refractivity contribution in [3.05, 3.63) is 30.3 Å². The molecular weight excluding hydrogens is 232 g/mol. The molecule has 0 saturated carbocycles. The monoisotopic (exact) mass is 252 g/mol. The number of benzene rings is 1. The number of carbonyl (C=O) groups excluding carboxylic acids is 1. The molecule has 1 rings (SSSR count). The lowest BCUT2D eigenvalue weighted by atomic mass is 10.3. The van der Waals surface area contributed by atoms with Gasteiger partial charge < -0.3 is 20.1 Å². The van der Waals surface area contributed by atoms with Gasteiger partial charge in [-0.2, -0.15) is 0 Å². The molecule has 1 amide bonds. The van der Waals surface area contributed by atoms with Crippen LogP contribution >= 0.6 is 0 Å². The minimum absolute atomic E-state index is 0.0437. The van der Waals surface area contributed by atoms with Crippen molar-refractivity contribution < 1.29 is 14.3 Å². The van der Waals surface area contributed by atoms with E-state index >= 15 is 0 Å². The summed E-state index contributed by atoms with van der Waals surface area (Å²) in [7, 11) is 1.66. The molecule has 0 radical (unpaired) electrons. The highest BCUT2D eigenvalue weighted by molar-refractivity contribution is 5.77. The van der Waals surface area contributed by atoms with Crippen LogP contribution in [0.1, 0.15) is 0 Å². The maximum absolute atomic E-state index is 11.4. The number of methoxy groups -OCH3 is 1. The maximum Gasteiger partial charge on any atom is 0.257 e. The zero-order valence-electron chi connectivity index (χ0n) is 10.6. The van der Waals surface area contributed by atoms with Crippen molar-refractivity contribution in [2.45, 2.75) is 0 Å². The van der Waals surface area contributed by atoms with Crippen LogP contribution in [0.4, 0.5) is 0 Å². The van der Waals surface area contributed by atoms with Gasteiger partial charge in [-0.25, -0.2) is 0 Å². The third-order valence-corrected chi connectivity index (χ3v) is 2.22. The Labute approximate surface area is 107 Å². The van der Waals surface area contributed by atoms with E-state index in [9.17, 15) is 4.79 Å². The van der Waals surface area contributed by atoms with Crippen LogP contribution in [0.25, 0.3) is 0 Å². The van der Waals surface area contributed by atoms with Crippen LogP contribution in [0, 0.1) is 0 Å². The molecule has 0 aromatic heterocycles. The summed E-state index contributed by atoms with van der Waals surface area (Å²) in [6.45, 7) is 2.81. The number of hydrogen-bond acceptors (Lipinski definition) is 4. The summed E-state index contributed by atoms with van der Waals surface area (Å²) in [6.07, 6.45) is 0. The van der Waals surface area contributed by atoms with Crippen LogP contribution in [0.3, 0.4) is 0 Å². The highest BCUT2D eigenvalue weighted by Gasteiger charge is 2.01. The molecule has 0 aliphatic carbocycles. The molecule has 18 heavy (non-hydrogen) atoms. The van der Waals surface area contributed by atoms with Crippen LogP contribution in [0.15, 0.2) is 30.3 Å². The van der Waals surface area contributed by atoms with E-state index in [-0.39, 0.29) is 12.5 Å². The van der Waals surface area contributed by atoms with Gasteiger partial charge >= 0.3 is 0 Å². The molecule has 2 N–H and O–H groups in total. The Morgan fingerprint density at radius 3 is 2.67 bits per heavy atom. The van der Waals surface area contributed by atoms with Gasteiger partial charge in [-0.3, -0.25) is 4.79 Å². The molecule has 5 nitrogen and oxygen atoms in total. The Bertz CT molecular complexity index is 330. The highest BCUT2D eigenvalue weighted by atomic mass is 16.5. The Morgan fingerprint density at radius 1 is 1.17 bits per heavy atom. The summed E-state index contributed by atoms with van der Waals surface area (Å²) < 4.78 is 10.2. The molecule has 0 bridgehead atoms. The third-order valence-electron chi connectivity index (χ3n) is 2.22. The van der Waals surface area contributed by atoms with Gasteiger partial charge in [-0.15, -0.1) is 0 Å². The molecule has 0 spiro atoms. The van der Waals surface area contributed by atoms with Crippen LogP contribution in [0.2, 0.25) is 0 Å². The van der Waals surface area contributed by atoms with Gasteiger partial charge in [-0.1, -0.05) is 18.2 Å². The molecular formula is C13H20N2O3. The molecule has 100 valence electrons. The van der Waals surface area contributed by atoms with Gasteiger partial charge in [0.25, 0.3) is 5.91 Å². The average Bonchev–Trinajstić information content (AvgIpc) is 2.41. The second-order valence-corrected chi connectivity index (χ2v) is 3.69. The maximum atomic E-state index is 11.4. The van der Waals surface area contributed by atoms with Crippen molar-refractivity contribution in [2.24, 2.45) is 0 Å². The quantitative estimate of drug-likeness (QED) is 0.625. The first-order valence-corrected chi connectivity index (χ1v) is 5.97. The van der Waals surface area contributed by atoms with E-state index in [1.807, 2.05) is 30.3 Å². The van der Waals surface area contributed by atoms with Gasteiger partial charge in [0.2, 0.25) is 0 Å². The van der Waals surface area contributed by atoms with Crippen molar-refractivity contribution in [2.75, 3.05) is 40.0 Å². The predicted molar refractivity (Wildman–Crippen MR) is 69.7 cm³/mol. The Hall–Kier alpha value is -1.59. The van der Waals surface area contributed by atoms with E-state index in [4.69, 9.17) is 9.47 Å². The lowest BCUT2D eigenvalue weighted by Crippen LogP contribution is -2.35. The van der Waals surface area contributed by atoms with Crippen molar-refractivity contribution >= 4 is 5.91 Å². The van der Waals surface area contributed by atoms with Crippen LogP contribution in [-0.4, -0.2) is 45.9 Å². The number of hydrogen-bond donors (Lipinski definition) is 2. The number of ether oxygens (including phenoxy) is 2. The summed E-state index contributed by atoms with van der Waals surface area (Å²) in [4.78, 5) is 11.4. The summed E-state index contributed by atoms with van der Waals surface area (Å²) in [5.41, 5.74) is 0. The molecule has 1 aromatic rings. The molecule has 1 aromatic carbocycles. The Balaban J connectivity index is 2.01. The Morgan fingerprint density at radius 2 is 1.94 bits per heavy atom. The van der Waals surface area contributed by atoms with Crippen molar-refractivity contribution in [3.8, 4) is 5.75 Å². The molecule has 0 saturated heterocycles. The summed E-state index contributed by atoms with van der Waals surface area (Å²) in [6, 6.07) is 9.28. The van der Waals surface area contributed by atoms with Crippen LogP contribution < -0.4 is 15.4 Å². The zero-order chi connectivity index (χ0) is 13.1. The molecule has 0 fully saturated rings.